The minimum absolute atomic E-state index is 0.0120. The number of hydrogen-bond acceptors (Lipinski definition) is 4. The Morgan fingerprint density at radius 1 is 1.16 bits per heavy atom. The van der Waals surface area contributed by atoms with Gasteiger partial charge in [-0.1, -0.05) is 18.2 Å². The Kier molecular flexibility index (Phi) is 7.74. The van der Waals surface area contributed by atoms with Gasteiger partial charge < -0.3 is 24.3 Å². The molecule has 7 heteroatoms. The lowest BCUT2D eigenvalue weighted by Crippen LogP contribution is -2.48. The number of furan rings is 1. The first-order chi connectivity index (χ1) is 14.8. The first-order valence-corrected chi connectivity index (χ1v) is 10.9. The number of carbonyl (C=O) groups excluding carboxylic acids is 2. The van der Waals surface area contributed by atoms with E-state index in [1.807, 2.05) is 58.0 Å². The summed E-state index contributed by atoms with van der Waals surface area (Å²) in [7, 11) is 0. The zero-order chi connectivity index (χ0) is 22.4. The second-order valence-electron chi connectivity index (χ2n) is 8.41. The molecule has 1 aliphatic heterocycles. The van der Waals surface area contributed by atoms with Gasteiger partial charge in [0.1, 0.15) is 12.3 Å². The van der Waals surface area contributed by atoms with Crippen molar-refractivity contribution in [3.8, 4) is 0 Å². The van der Waals surface area contributed by atoms with Crippen LogP contribution in [0.2, 0.25) is 0 Å². The number of anilines is 1. The molecule has 168 valence electrons. The number of para-hydroxylation sites is 1. The average Bonchev–Trinajstić information content (AvgIpc) is 3.42. The molecule has 7 nitrogen and oxygen atoms in total. The first-order valence-electron chi connectivity index (χ1n) is 10.9. The Bertz CT molecular complexity index is 853. The van der Waals surface area contributed by atoms with Crippen LogP contribution in [0.3, 0.4) is 0 Å². The predicted octanol–water partition coefficient (Wildman–Crippen LogP) is 4.35. The molecule has 1 aliphatic rings. The molecule has 2 aromatic rings. The maximum absolute atomic E-state index is 13.3. The van der Waals surface area contributed by atoms with E-state index >= 15 is 0 Å². The number of nitrogens with zero attached hydrogens (tertiary/aromatic N) is 2. The summed E-state index contributed by atoms with van der Waals surface area (Å²) >= 11 is 0. The number of rotatable bonds is 8. The summed E-state index contributed by atoms with van der Waals surface area (Å²) in [5, 5.41) is 3.00. The summed E-state index contributed by atoms with van der Waals surface area (Å²) in [5.41, 5.74) is 2.76. The summed E-state index contributed by atoms with van der Waals surface area (Å²) in [6.45, 7) is 9.30. The van der Waals surface area contributed by atoms with Crippen LogP contribution in [0.15, 0.2) is 41.0 Å². The monoisotopic (exact) mass is 427 g/mol. The number of carbonyl (C=O) groups is 2. The molecule has 1 fully saturated rings. The van der Waals surface area contributed by atoms with Crippen LogP contribution < -0.4 is 5.32 Å². The summed E-state index contributed by atoms with van der Waals surface area (Å²) in [5.74, 6) is 0.583. The van der Waals surface area contributed by atoms with Gasteiger partial charge in [0.2, 0.25) is 5.91 Å². The van der Waals surface area contributed by atoms with Gasteiger partial charge in [-0.2, -0.15) is 0 Å². The zero-order valence-electron chi connectivity index (χ0n) is 18.9. The molecule has 1 saturated heterocycles. The number of aryl methyl sites for hydroxylation is 2. The highest BCUT2D eigenvalue weighted by Crippen LogP contribution is 2.21. The van der Waals surface area contributed by atoms with Gasteiger partial charge in [0.05, 0.1) is 18.9 Å². The van der Waals surface area contributed by atoms with E-state index in [4.69, 9.17) is 9.15 Å². The summed E-state index contributed by atoms with van der Waals surface area (Å²) in [4.78, 5) is 29.6. The molecule has 0 saturated carbocycles. The Morgan fingerprint density at radius 3 is 2.48 bits per heavy atom. The fourth-order valence-corrected chi connectivity index (χ4v) is 3.80. The number of urea groups is 1. The van der Waals surface area contributed by atoms with Crippen molar-refractivity contribution in [1.82, 2.24) is 9.80 Å². The molecule has 0 bridgehead atoms. The van der Waals surface area contributed by atoms with Crippen LogP contribution in [0.1, 0.15) is 43.6 Å². The van der Waals surface area contributed by atoms with E-state index in [2.05, 4.69) is 5.32 Å². The van der Waals surface area contributed by atoms with E-state index < -0.39 is 0 Å². The highest BCUT2D eigenvalue weighted by Gasteiger charge is 2.27. The van der Waals surface area contributed by atoms with Crippen LogP contribution in [-0.2, 0) is 16.1 Å². The van der Waals surface area contributed by atoms with Crippen molar-refractivity contribution < 1.29 is 18.7 Å². The van der Waals surface area contributed by atoms with Gasteiger partial charge >= 0.3 is 6.03 Å². The lowest BCUT2D eigenvalue weighted by atomic mass is 10.1. The van der Waals surface area contributed by atoms with Crippen molar-refractivity contribution in [3.05, 3.63) is 53.5 Å². The minimum atomic E-state index is -0.282. The lowest BCUT2D eigenvalue weighted by molar-refractivity contribution is -0.134. The quantitative estimate of drug-likeness (QED) is 0.680. The molecule has 1 aromatic heterocycles. The Hall–Kier alpha value is -2.80. The lowest BCUT2D eigenvalue weighted by Gasteiger charge is -2.31. The number of benzene rings is 1. The Labute approximate surface area is 184 Å². The van der Waals surface area contributed by atoms with E-state index in [-0.39, 0.29) is 30.6 Å². The van der Waals surface area contributed by atoms with Crippen molar-refractivity contribution in [2.75, 3.05) is 25.0 Å². The van der Waals surface area contributed by atoms with Gasteiger partial charge in [-0.3, -0.25) is 4.79 Å². The third-order valence-corrected chi connectivity index (χ3v) is 5.63. The molecular weight excluding hydrogens is 394 g/mol. The van der Waals surface area contributed by atoms with Gasteiger partial charge in [-0.05, 0) is 63.8 Å². The Morgan fingerprint density at radius 2 is 1.90 bits per heavy atom. The van der Waals surface area contributed by atoms with E-state index in [9.17, 15) is 9.59 Å². The van der Waals surface area contributed by atoms with Gasteiger partial charge in [-0.25, -0.2) is 4.79 Å². The standard InChI is InChI=1S/C24H33N3O4/c1-17(2)27(24(29)25-23-18(3)8-5-9-19(23)4)16-22(28)26(14-20-10-6-12-30-20)15-21-11-7-13-31-21/h5-6,8-10,12,17,21H,7,11,13-16H2,1-4H3,(H,25,29). The molecule has 1 unspecified atom stereocenters. The van der Waals surface area contributed by atoms with Gasteiger partial charge in [0.25, 0.3) is 0 Å². The van der Waals surface area contributed by atoms with E-state index in [1.165, 1.54) is 0 Å². The van der Waals surface area contributed by atoms with E-state index in [1.54, 1.807) is 16.1 Å². The molecule has 1 atom stereocenters. The summed E-state index contributed by atoms with van der Waals surface area (Å²) in [6, 6.07) is 9.12. The largest absolute Gasteiger partial charge is 0.467 e. The highest BCUT2D eigenvalue weighted by molar-refractivity contribution is 5.93. The maximum atomic E-state index is 13.3. The van der Waals surface area contributed by atoms with Crippen molar-refractivity contribution in [3.63, 3.8) is 0 Å². The van der Waals surface area contributed by atoms with Crippen LogP contribution in [0.5, 0.6) is 0 Å². The molecule has 0 spiro atoms. The topological polar surface area (TPSA) is 75.0 Å². The van der Waals surface area contributed by atoms with Gasteiger partial charge in [0, 0.05) is 24.9 Å². The van der Waals surface area contributed by atoms with Crippen LogP contribution in [-0.4, -0.2) is 53.6 Å². The van der Waals surface area contributed by atoms with E-state index in [0.717, 1.165) is 36.3 Å². The fraction of sp³-hybridized carbons (Fsp3) is 0.500. The second kappa shape index (κ2) is 10.5. The fourth-order valence-electron chi connectivity index (χ4n) is 3.80. The number of hydrogen-bond donors (Lipinski definition) is 1. The second-order valence-corrected chi connectivity index (χ2v) is 8.41. The van der Waals surface area contributed by atoms with Gasteiger partial charge in [-0.15, -0.1) is 0 Å². The molecule has 0 aliphatic carbocycles. The molecule has 2 heterocycles. The van der Waals surface area contributed by atoms with Crippen LogP contribution >= 0.6 is 0 Å². The molecule has 31 heavy (non-hydrogen) atoms. The summed E-state index contributed by atoms with van der Waals surface area (Å²) in [6.07, 6.45) is 3.56. The maximum Gasteiger partial charge on any atom is 0.322 e. The van der Waals surface area contributed by atoms with Crippen LogP contribution in [0, 0.1) is 13.8 Å². The molecule has 1 N–H and O–H groups in total. The third-order valence-electron chi connectivity index (χ3n) is 5.63. The normalized spacial score (nSPS) is 15.8. The van der Waals surface area contributed by atoms with Crippen LogP contribution in [0.25, 0.3) is 0 Å². The number of ether oxygens (including phenoxy) is 1. The third kappa shape index (κ3) is 6.10. The SMILES string of the molecule is Cc1cccc(C)c1NC(=O)N(CC(=O)N(Cc1ccco1)CC1CCCO1)C(C)C. The summed E-state index contributed by atoms with van der Waals surface area (Å²) < 4.78 is 11.2. The van der Waals surface area contributed by atoms with Gasteiger partial charge in [0.15, 0.2) is 0 Å². The first kappa shape index (κ1) is 22.9. The van der Waals surface area contributed by atoms with Crippen molar-refractivity contribution in [1.29, 1.82) is 0 Å². The molecule has 0 radical (unpaired) electrons. The zero-order valence-corrected chi connectivity index (χ0v) is 18.9. The predicted molar refractivity (Wildman–Crippen MR) is 120 cm³/mol. The highest BCUT2D eigenvalue weighted by atomic mass is 16.5. The van der Waals surface area contributed by atoms with E-state index in [0.29, 0.717) is 18.8 Å². The Balaban J connectivity index is 1.72. The molecule has 3 rings (SSSR count). The number of amides is 3. The average molecular weight is 428 g/mol. The smallest absolute Gasteiger partial charge is 0.322 e. The molecular formula is C24H33N3O4. The molecule has 3 amide bonds. The molecule has 1 aromatic carbocycles. The number of nitrogens with one attached hydrogen (secondary N) is 1. The van der Waals surface area contributed by atoms with Crippen molar-refractivity contribution >= 4 is 17.6 Å². The minimum Gasteiger partial charge on any atom is -0.467 e. The van der Waals surface area contributed by atoms with Crippen LogP contribution in [0.4, 0.5) is 10.5 Å². The van der Waals surface area contributed by atoms with Crippen molar-refractivity contribution in [2.24, 2.45) is 0 Å². The van der Waals surface area contributed by atoms with Crippen molar-refractivity contribution in [2.45, 2.75) is 59.2 Å².